The quantitative estimate of drug-likeness (QED) is 0.376. The molecule has 5 rings (SSSR count). The predicted octanol–water partition coefficient (Wildman–Crippen LogP) is 5.91. The van der Waals surface area contributed by atoms with Crippen LogP contribution in [-0.4, -0.2) is 53.4 Å². The molecule has 1 saturated heterocycles. The number of ether oxygens (including phenoxy) is 1. The minimum atomic E-state index is -4.54. The van der Waals surface area contributed by atoms with E-state index in [-0.39, 0.29) is 35.0 Å². The third-order valence-corrected chi connectivity index (χ3v) is 9.40. The van der Waals surface area contributed by atoms with E-state index in [1.807, 2.05) is 13.8 Å². The predicted molar refractivity (Wildman–Crippen MR) is 141 cm³/mol. The zero-order valence-electron chi connectivity index (χ0n) is 21.6. The molecule has 0 bridgehead atoms. The molecule has 214 valence electrons. The Morgan fingerprint density at radius 1 is 1.12 bits per heavy atom. The van der Waals surface area contributed by atoms with E-state index in [9.17, 15) is 31.5 Å². The van der Waals surface area contributed by atoms with Gasteiger partial charge in [-0.3, -0.25) is 4.72 Å². The fourth-order valence-corrected chi connectivity index (χ4v) is 7.18. The first-order chi connectivity index (χ1) is 18.7. The first-order valence-corrected chi connectivity index (χ1v) is 14.9. The van der Waals surface area contributed by atoms with Gasteiger partial charge in [-0.1, -0.05) is 23.5 Å². The van der Waals surface area contributed by atoms with Crippen LogP contribution < -0.4 is 9.46 Å². The zero-order valence-corrected chi connectivity index (χ0v) is 23.2. The van der Waals surface area contributed by atoms with Crippen LogP contribution in [0.5, 0.6) is 5.75 Å². The number of likely N-dealkylation sites (tertiary alicyclic amines) is 1. The van der Waals surface area contributed by atoms with Gasteiger partial charge in [-0.25, -0.2) is 13.2 Å². The highest BCUT2D eigenvalue weighted by atomic mass is 32.2. The maximum Gasteiger partial charge on any atom is 0.416 e. The molecule has 2 aliphatic rings. The zero-order chi connectivity index (χ0) is 28.9. The number of anilines is 1. The summed E-state index contributed by atoms with van der Waals surface area (Å²) in [5, 5.41) is 16.8. The summed E-state index contributed by atoms with van der Waals surface area (Å²) in [4.78, 5) is 12.6. The normalized spacial score (nSPS) is 19.5. The van der Waals surface area contributed by atoms with Crippen LogP contribution in [0.15, 0.2) is 46.8 Å². The Morgan fingerprint density at radius 2 is 1.82 bits per heavy atom. The Hall–Kier alpha value is -3.39. The van der Waals surface area contributed by atoms with Crippen LogP contribution in [0.2, 0.25) is 0 Å². The Balaban J connectivity index is 1.56. The van der Waals surface area contributed by atoms with E-state index < -0.39 is 33.5 Å². The molecule has 0 radical (unpaired) electrons. The second kappa shape index (κ2) is 10.2. The number of nitrogens with zero attached hydrogens (tertiary/aromatic N) is 3. The van der Waals surface area contributed by atoms with Gasteiger partial charge in [-0.2, -0.15) is 13.2 Å². The highest BCUT2D eigenvalue weighted by Gasteiger charge is 2.39. The van der Waals surface area contributed by atoms with Crippen LogP contribution in [0.3, 0.4) is 0 Å². The summed E-state index contributed by atoms with van der Waals surface area (Å²) < 4.78 is 75.8. The fourth-order valence-electron chi connectivity index (χ4n) is 5.47. The van der Waals surface area contributed by atoms with Gasteiger partial charge >= 0.3 is 12.3 Å². The highest BCUT2D eigenvalue weighted by molar-refractivity contribution is 7.93. The van der Waals surface area contributed by atoms with Crippen molar-refractivity contribution in [2.24, 2.45) is 0 Å². The molecule has 2 aromatic carbocycles. The van der Waals surface area contributed by atoms with Gasteiger partial charge in [0.25, 0.3) is 10.0 Å². The molecule has 1 unspecified atom stereocenters. The van der Waals surface area contributed by atoms with Gasteiger partial charge in [0.15, 0.2) is 0 Å². The summed E-state index contributed by atoms with van der Waals surface area (Å²) in [6, 6.07) is 8.24. The van der Waals surface area contributed by atoms with Gasteiger partial charge in [0.05, 0.1) is 10.5 Å². The molecule has 1 atom stereocenters. The fraction of sp³-hybridized carbons (Fsp3) is 0.423. The largest absolute Gasteiger partial charge is 0.487 e. The molecule has 40 heavy (non-hydrogen) atoms. The number of rotatable bonds is 5. The summed E-state index contributed by atoms with van der Waals surface area (Å²) >= 11 is 1.03. The topological polar surface area (TPSA) is 122 Å². The van der Waals surface area contributed by atoms with Gasteiger partial charge in [-0.15, -0.1) is 10.2 Å². The summed E-state index contributed by atoms with van der Waals surface area (Å²) in [7, 11) is -4.00. The number of fused-ring (bicyclic) bond motifs is 1. The molecule has 1 amide bonds. The van der Waals surface area contributed by atoms with E-state index in [4.69, 9.17) is 4.74 Å². The first-order valence-electron chi connectivity index (χ1n) is 12.5. The van der Waals surface area contributed by atoms with E-state index in [1.165, 1.54) is 34.7 Å². The second-order valence-electron chi connectivity index (χ2n) is 10.6. The van der Waals surface area contributed by atoms with Crippen LogP contribution in [0.1, 0.15) is 67.2 Å². The molecule has 3 heterocycles. The van der Waals surface area contributed by atoms with Crippen LogP contribution in [0, 0.1) is 0 Å². The lowest BCUT2D eigenvalue weighted by molar-refractivity contribution is -0.137. The summed E-state index contributed by atoms with van der Waals surface area (Å²) in [6.45, 7) is 4.15. The first kappa shape index (κ1) is 28.1. The van der Waals surface area contributed by atoms with Crippen molar-refractivity contribution in [1.29, 1.82) is 0 Å². The molecule has 2 aliphatic heterocycles. The number of carboxylic acid groups (broad SMARTS) is 1. The molecule has 0 saturated carbocycles. The number of sulfonamides is 1. The van der Waals surface area contributed by atoms with Crippen LogP contribution in [0.25, 0.3) is 0 Å². The number of nitrogens with one attached hydrogen (secondary N) is 1. The Morgan fingerprint density at radius 3 is 2.45 bits per heavy atom. The van der Waals surface area contributed by atoms with Crippen LogP contribution in [-0.2, 0) is 16.2 Å². The molecule has 0 aliphatic carbocycles. The lowest BCUT2D eigenvalue weighted by Crippen LogP contribution is -2.38. The van der Waals surface area contributed by atoms with Crippen molar-refractivity contribution in [3.05, 3.63) is 64.2 Å². The summed E-state index contributed by atoms with van der Waals surface area (Å²) in [5.41, 5.74) is 1.78. The van der Waals surface area contributed by atoms with Crippen LogP contribution in [0.4, 0.5) is 23.1 Å². The average Bonchev–Trinajstić information content (AvgIpc) is 3.39. The van der Waals surface area contributed by atoms with E-state index in [0.717, 1.165) is 17.4 Å². The van der Waals surface area contributed by atoms with E-state index in [0.29, 0.717) is 41.7 Å². The van der Waals surface area contributed by atoms with Gasteiger partial charge in [-0.05, 0) is 68.4 Å². The standard InChI is InChI=1S/C26H27F3N4O5S2/c1-25(2)13-21(19-6-4-17(12-22(19)38-25)40(36,37)32-23-31-30-14-39-23)18-5-3-16(26(27,28)29)11-20(18)15-7-9-33(10-8-15)24(34)35/h3-6,11-12,14-15,21H,7-10,13H2,1-2H3,(H,31,32)(H,34,35). The maximum absolute atomic E-state index is 13.8. The number of amides is 1. The summed E-state index contributed by atoms with van der Waals surface area (Å²) in [5.74, 6) is -0.313. The van der Waals surface area contributed by atoms with Crippen molar-refractivity contribution in [1.82, 2.24) is 15.1 Å². The molecule has 1 fully saturated rings. The van der Waals surface area contributed by atoms with E-state index in [2.05, 4.69) is 14.9 Å². The molecular formula is C26H27F3N4O5S2. The van der Waals surface area contributed by atoms with Crippen molar-refractivity contribution in [2.75, 3.05) is 17.8 Å². The second-order valence-corrected chi connectivity index (χ2v) is 13.1. The number of aromatic nitrogens is 2. The minimum absolute atomic E-state index is 0.0495. The SMILES string of the molecule is CC1(C)CC(c2ccc(C(F)(F)F)cc2C2CCN(C(=O)O)CC2)c2ccc(S(=O)(=O)Nc3nncs3)cc2O1. The van der Waals surface area contributed by atoms with Gasteiger partial charge in [0.1, 0.15) is 16.9 Å². The number of piperidine rings is 1. The Kier molecular flexibility index (Phi) is 7.19. The van der Waals surface area contributed by atoms with Gasteiger partial charge in [0, 0.05) is 30.6 Å². The Labute approximate surface area is 233 Å². The lowest BCUT2D eigenvalue weighted by atomic mass is 9.75. The number of carbonyl (C=O) groups is 1. The monoisotopic (exact) mass is 596 g/mol. The number of hydrogen-bond acceptors (Lipinski definition) is 7. The molecular weight excluding hydrogens is 569 g/mol. The molecule has 14 heteroatoms. The Bertz CT molecular complexity index is 1520. The highest BCUT2D eigenvalue weighted by Crippen LogP contribution is 2.48. The molecule has 2 N–H and O–H groups in total. The number of alkyl halides is 3. The average molecular weight is 597 g/mol. The van der Waals surface area contributed by atoms with Gasteiger partial charge < -0.3 is 14.7 Å². The van der Waals surface area contributed by atoms with Crippen molar-refractivity contribution < 1.29 is 36.2 Å². The van der Waals surface area contributed by atoms with E-state index >= 15 is 0 Å². The lowest BCUT2D eigenvalue weighted by Gasteiger charge is -2.40. The van der Waals surface area contributed by atoms with Crippen molar-refractivity contribution in [3.8, 4) is 5.75 Å². The number of hydrogen-bond donors (Lipinski definition) is 2. The van der Waals surface area contributed by atoms with Crippen LogP contribution >= 0.6 is 11.3 Å². The third-order valence-electron chi connectivity index (χ3n) is 7.33. The minimum Gasteiger partial charge on any atom is -0.487 e. The van der Waals surface area contributed by atoms with Crippen molar-refractivity contribution in [2.45, 2.75) is 61.6 Å². The molecule has 1 aromatic heterocycles. The van der Waals surface area contributed by atoms with Gasteiger partial charge in [0.2, 0.25) is 5.13 Å². The molecule has 0 spiro atoms. The molecule has 3 aromatic rings. The van der Waals surface area contributed by atoms with E-state index in [1.54, 1.807) is 6.07 Å². The van der Waals surface area contributed by atoms with Crippen molar-refractivity contribution in [3.63, 3.8) is 0 Å². The smallest absolute Gasteiger partial charge is 0.416 e. The van der Waals surface area contributed by atoms with Crippen molar-refractivity contribution >= 4 is 32.6 Å². The number of benzene rings is 2. The molecule has 9 nitrogen and oxygen atoms in total. The summed E-state index contributed by atoms with van der Waals surface area (Å²) in [6.07, 6.45) is -4.34. The third kappa shape index (κ3) is 5.73. The maximum atomic E-state index is 13.8. The number of halogens is 3.